The molecule has 1 amide bonds. The first-order valence-electron chi connectivity index (χ1n) is 10.6. The third kappa shape index (κ3) is 3.70. The van der Waals surface area contributed by atoms with E-state index in [4.69, 9.17) is 5.14 Å². The Morgan fingerprint density at radius 2 is 1.76 bits per heavy atom. The van der Waals surface area contributed by atoms with Crippen molar-refractivity contribution in [3.63, 3.8) is 0 Å². The lowest BCUT2D eigenvalue weighted by molar-refractivity contribution is -0.123. The number of fused-ring (bicyclic) bond motifs is 1. The highest BCUT2D eigenvalue weighted by atomic mass is 32.2. The highest BCUT2D eigenvalue weighted by Gasteiger charge is 2.41. The summed E-state index contributed by atoms with van der Waals surface area (Å²) in [6.45, 7) is 2.29. The number of hydrogen-bond acceptors (Lipinski definition) is 5. The molecule has 1 unspecified atom stereocenters. The summed E-state index contributed by atoms with van der Waals surface area (Å²) in [6.07, 6.45) is 2.89. The fourth-order valence-electron chi connectivity index (χ4n) is 4.63. The highest BCUT2D eigenvalue weighted by molar-refractivity contribution is 7.97. The molecule has 5 rings (SSSR count). The van der Waals surface area contributed by atoms with E-state index in [9.17, 15) is 22.4 Å². The van der Waals surface area contributed by atoms with E-state index in [2.05, 4.69) is 4.98 Å². The molecule has 0 radical (unpaired) electrons. The number of rotatable bonds is 4. The minimum absolute atomic E-state index is 0.00774. The van der Waals surface area contributed by atoms with Crippen molar-refractivity contribution in [1.82, 2.24) is 4.98 Å². The van der Waals surface area contributed by atoms with Gasteiger partial charge in [-0.05, 0) is 55.1 Å². The largest absolute Gasteiger partial charge is 0.367 e. The van der Waals surface area contributed by atoms with Crippen molar-refractivity contribution in [2.75, 3.05) is 22.9 Å². The lowest BCUT2D eigenvalue weighted by Crippen LogP contribution is -2.56. The second-order valence-corrected chi connectivity index (χ2v) is 9.21. The van der Waals surface area contributed by atoms with Crippen molar-refractivity contribution in [1.29, 1.82) is 0 Å². The molecule has 0 spiro atoms. The zero-order chi connectivity index (χ0) is 24.1. The molecule has 3 aromatic rings. The maximum Gasteiger partial charge on any atom is 0.233 e. The molecule has 1 saturated heterocycles. The third-order valence-electron chi connectivity index (χ3n) is 6.38. The summed E-state index contributed by atoms with van der Waals surface area (Å²) in [7, 11) is 0. The van der Waals surface area contributed by atoms with Gasteiger partial charge in [0.2, 0.25) is 5.91 Å². The number of carbonyl (C=O) groups excluding carboxylic acids is 1. The summed E-state index contributed by atoms with van der Waals surface area (Å²) in [6, 6.07) is 5.87. The molecule has 1 atom stereocenters. The van der Waals surface area contributed by atoms with Crippen molar-refractivity contribution >= 4 is 29.2 Å². The summed E-state index contributed by atoms with van der Waals surface area (Å²) >= 11 is 0.780. The number of nitrogens with zero attached hydrogens (tertiary/aromatic N) is 3. The van der Waals surface area contributed by atoms with Gasteiger partial charge in [-0.25, -0.2) is 17.6 Å². The minimum Gasteiger partial charge on any atom is -0.367 e. The van der Waals surface area contributed by atoms with Crippen LogP contribution in [-0.2, 0) is 11.2 Å². The number of amides is 1. The van der Waals surface area contributed by atoms with Crippen LogP contribution in [0.15, 0.2) is 47.6 Å². The van der Waals surface area contributed by atoms with Gasteiger partial charge < -0.3 is 9.80 Å². The number of hydrogen-bond donors (Lipinski definition) is 1. The van der Waals surface area contributed by atoms with Crippen LogP contribution in [0.3, 0.4) is 0 Å². The van der Waals surface area contributed by atoms with Gasteiger partial charge >= 0.3 is 0 Å². The molecule has 3 heterocycles. The quantitative estimate of drug-likeness (QED) is 0.427. The number of pyridine rings is 1. The van der Waals surface area contributed by atoms with E-state index in [-0.39, 0.29) is 46.7 Å². The van der Waals surface area contributed by atoms with Crippen molar-refractivity contribution in [3.8, 4) is 11.1 Å². The molecule has 176 valence electrons. The number of anilines is 2. The zero-order valence-corrected chi connectivity index (χ0v) is 18.9. The molecule has 2 aliphatic rings. The van der Waals surface area contributed by atoms with Crippen LogP contribution in [0.25, 0.3) is 11.1 Å². The standard InChI is InChI=1S/C24H20F4N4OS/c1-12-4-13-5-20(28)23(34-29)8-21(13)32(12)24(33)14-10-31(11-14)22-7-18(26)15(6-19(22)27)16-9-30-3-2-17(16)25/h2-3,5-9,12,14H,4,10-11,29H2,1H3. The summed E-state index contributed by atoms with van der Waals surface area (Å²) in [5, 5.41) is 5.54. The third-order valence-corrected chi connectivity index (χ3v) is 6.95. The molecule has 34 heavy (non-hydrogen) atoms. The fourth-order valence-corrected chi connectivity index (χ4v) is 4.98. The van der Waals surface area contributed by atoms with Crippen LogP contribution in [0.4, 0.5) is 28.9 Å². The minimum atomic E-state index is -0.783. The lowest BCUT2D eigenvalue weighted by Gasteiger charge is -2.42. The van der Waals surface area contributed by atoms with Crippen LogP contribution in [-0.4, -0.2) is 30.0 Å². The van der Waals surface area contributed by atoms with Crippen LogP contribution in [0.5, 0.6) is 0 Å². The Labute approximate surface area is 197 Å². The lowest BCUT2D eigenvalue weighted by atomic mass is 9.96. The van der Waals surface area contributed by atoms with Gasteiger partial charge in [0.25, 0.3) is 0 Å². The predicted molar refractivity (Wildman–Crippen MR) is 122 cm³/mol. The number of nitrogens with two attached hydrogens (primary N) is 1. The molecule has 0 aliphatic carbocycles. The number of carbonyl (C=O) groups is 1. The topological polar surface area (TPSA) is 62.5 Å². The van der Waals surface area contributed by atoms with Crippen LogP contribution < -0.4 is 14.9 Å². The molecule has 1 aromatic heterocycles. The van der Waals surface area contributed by atoms with Gasteiger partial charge in [0.05, 0.1) is 16.5 Å². The molecular weight excluding hydrogens is 468 g/mol. The molecule has 5 nitrogen and oxygen atoms in total. The highest BCUT2D eigenvalue weighted by Crippen LogP contribution is 2.39. The number of benzene rings is 2. The monoisotopic (exact) mass is 488 g/mol. The summed E-state index contributed by atoms with van der Waals surface area (Å²) < 4.78 is 57.7. The Balaban J connectivity index is 1.34. The first-order valence-corrected chi connectivity index (χ1v) is 11.5. The smallest absolute Gasteiger partial charge is 0.233 e. The Hall–Kier alpha value is -3.11. The van der Waals surface area contributed by atoms with E-state index in [1.54, 1.807) is 15.9 Å². The average molecular weight is 489 g/mol. The molecular formula is C24H20F4N4OS. The van der Waals surface area contributed by atoms with E-state index in [1.807, 2.05) is 6.92 Å². The van der Waals surface area contributed by atoms with Crippen LogP contribution in [0.1, 0.15) is 12.5 Å². The van der Waals surface area contributed by atoms with Crippen molar-refractivity contribution in [2.24, 2.45) is 11.1 Å². The molecule has 10 heteroatoms. The van der Waals surface area contributed by atoms with Crippen LogP contribution in [0, 0.1) is 29.2 Å². The molecule has 0 bridgehead atoms. The van der Waals surface area contributed by atoms with Gasteiger partial charge in [-0.2, -0.15) is 0 Å². The van der Waals surface area contributed by atoms with Crippen LogP contribution in [0.2, 0.25) is 0 Å². The van der Waals surface area contributed by atoms with Crippen molar-refractivity contribution < 1.29 is 22.4 Å². The summed E-state index contributed by atoms with van der Waals surface area (Å²) in [4.78, 5) is 20.5. The predicted octanol–water partition coefficient (Wildman–Crippen LogP) is 4.68. The van der Waals surface area contributed by atoms with Gasteiger partial charge in [-0.15, -0.1) is 0 Å². The van der Waals surface area contributed by atoms with Gasteiger partial charge in [-0.3, -0.25) is 14.9 Å². The van der Waals surface area contributed by atoms with E-state index in [0.29, 0.717) is 12.1 Å². The fraction of sp³-hybridized carbons (Fsp3) is 0.250. The number of aromatic nitrogens is 1. The molecule has 2 aliphatic heterocycles. The molecule has 0 saturated carbocycles. The zero-order valence-electron chi connectivity index (χ0n) is 18.1. The number of halogens is 4. The molecule has 2 N–H and O–H groups in total. The van der Waals surface area contributed by atoms with E-state index >= 15 is 0 Å². The maximum absolute atomic E-state index is 14.8. The van der Waals surface area contributed by atoms with E-state index in [0.717, 1.165) is 41.9 Å². The Kier molecular flexibility index (Phi) is 5.73. The second kappa shape index (κ2) is 8.59. The van der Waals surface area contributed by atoms with Crippen molar-refractivity contribution in [2.45, 2.75) is 24.3 Å². The van der Waals surface area contributed by atoms with Crippen LogP contribution >= 0.6 is 11.9 Å². The Bertz CT molecular complexity index is 1300. The normalized spacial score (nSPS) is 17.6. The first kappa shape index (κ1) is 22.7. The van der Waals surface area contributed by atoms with Gasteiger partial charge in [0, 0.05) is 54.4 Å². The van der Waals surface area contributed by atoms with Gasteiger partial charge in [0.15, 0.2) is 0 Å². The summed E-state index contributed by atoms with van der Waals surface area (Å²) in [5.74, 6) is -3.21. The first-order chi connectivity index (χ1) is 16.3. The van der Waals surface area contributed by atoms with Gasteiger partial charge in [0.1, 0.15) is 23.3 Å². The molecule has 1 fully saturated rings. The average Bonchev–Trinajstić information content (AvgIpc) is 3.09. The SMILES string of the molecule is CC1Cc2cc(F)c(SN)cc2N1C(=O)C1CN(c2cc(F)c(-c3cnccc3F)cc2F)C1. The second-order valence-electron chi connectivity index (χ2n) is 8.53. The summed E-state index contributed by atoms with van der Waals surface area (Å²) in [5.41, 5.74) is 1.02. The van der Waals surface area contributed by atoms with Gasteiger partial charge in [-0.1, -0.05) is 0 Å². The molecule has 2 aromatic carbocycles. The Morgan fingerprint density at radius 1 is 1.00 bits per heavy atom. The van der Waals surface area contributed by atoms with E-state index < -0.39 is 29.2 Å². The van der Waals surface area contributed by atoms with E-state index in [1.165, 1.54) is 12.3 Å². The Morgan fingerprint density at radius 3 is 2.47 bits per heavy atom. The van der Waals surface area contributed by atoms with Crippen molar-refractivity contribution in [3.05, 3.63) is 71.6 Å². The maximum atomic E-state index is 14.8.